The number of hydrogen-bond donors (Lipinski definition) is 3. The third-order valence-electron chi connectivity index (χ3n) is 4.05. The minimum absolute atomic E-state index is 0.0245. The maximum Gasteiger partial charge on any atom is 0.419 e. The standard InChI is InChI=1S/C21H24F3N3O3S/c22-21(23,24)18-12-16(20(31)27-26-13-17(25)14-28)6-7-19(18)30-11-10-29-9-8-15-4-2-1-3-5-15/h1-7,12-13,17,28H,8-11,14,25H2,(H,27,31)/b26-13+. The Balaban J connectivity index is 1.90. The number of aliphatic hydroxyl groups excluding tert-OH is 1. The van der Waals surface area contributed by atoms with E-state index in [1.165, 1.54) is 18.3 Å². The molecule has 0 aromatic heterocycles. The van der Waals surface area contributed by atoms with Crippen LogP contribution in [-0.2, 0) is 17.3 Å². The van der Waals surface area contributed by atoms with Crippen molar-refractivity contribution in [1.82, 2.24) is 5.43 Å². The number of benzene rings is 2. The highest BCUT2D eigenvalue weighted by Gasteiger charge is 2.35. The zero-order chi connectivity index (χ0) is 22.7. The molecule has 0 fully saturated rings. The highest BCUT2D eigenvalue weighted by molar-refractivity contribution is 7.80. The number of thiocarbonyl (C=S) groups is 1. The summed E-state index contributed by atoms with van der Waals surface area (Å²) >= 11 is 5.05. The zero-order valence-electron chi connectivity index (χ0n) is 16.6. The van der Waals surface area contributed by atoms with Gasteiger partial charge in [-0.3, -0.25) is 5.43 Å². The molecule has 1 unspecified atom stereocenters. The van der Waals surface area contributed by atoms with E-state index in [4.69, 9.17) is 32.5 Å². The van der Waals surface area contributed by atoms with Crippen LogP contribution in [0.1, 0.15) is 16.7 Å². The summed E-state index contributed by atoms with van der Waals surface area (Å²) in [5.74, 6) is -0.309. The Morgan fingerprint density at radius 2 is 1.90 bits per heavy atom. The number of halogens is 3. The van der Waals surface area contributed by atoms with E-state index in [0.29, 0.717) is 13.0 Å². The van der Waals surface area contributed by atoms with Crippen molar-refractivity contribution in [2.45, 2.75) is 18.6 Å². The summed E-state index contributed by atoms with van der Waals surface area (Å²) in [5.41, 5.74) is 8.15. The number of hydrogen-bond acceptors (Lipinski definition) is 6. The van der Waals surface area contributed by atoms with Gasteiger partial charge in [0.1, 0.15) is 17.3 Å². The van der Waals surface area contributed by atoms with Gasteiger partial charge in [-0.05, 0) is 30.2 Å². The number of hydrazone groups is 1. The number of aliphatic hydroxyl groups is 1. The third kappa shape index (κ3) is 8.62. The average Bonchev–Trinajstić information content (AvgIpc) is 2.76. The summed E-state index contributed by atoms with van der Waals surface area (Å²) < 4.78 is 51.1. The Bertz CT molecular complexity index is 864. The molecule has 0 aliphatic carbocycles. The molecule has 31 heavy (non-hydrogen) atoms. The van der Waals surface area contributed by atoms with Crippen molar-refractivity contribution in [3.8, 4) is 5.75 Å². The second-order valence-electron chi connectivity index (χ2n) is 6.47. The fourth-order valence-electron chi connectivity index (χ4n) is 2.47. The van der Waals surface area contributed by atoms with Gasteiger partial charge in [0.05, 0.1) is 31.4 Å². The van der Waals surface area contributed by atoms with Crippen LogP contribution in [-0.4, -0.2) is 48.8 Å². The molecule has 0 amide bonds. The van der Waals surface area contributed by atoms with Crippen molar-refractivity contribution in [2.24, 2.45) is 10.8 Å². The molecule has 0 saturated heterocycles. The summed E-state index contributed by atoms with van der Waals surface area (Å²) in [6, 6.07) is 12.5. The SMILES string of the molecule is NC(/C=N/NC(=S)c1ccc(OCCOCCc2ccccc2)c(C(F)(F)F)c1)CO. The predicted octanol–water partition coefficient (Wildman–Crippen LogP) is 2.91. The van der Waals surface area contributed by atoms with Gasteiger partial charge < -0.3 is 20.3 Å². The normalized spacial score (nSPS) is 12.7. The van der Waals surface area contributed by atoms with Gasteiger partial charge in [0.2, 0.25) is 0 Å². The molecule has 0 radical (unpaired) electrons. The van der Waals surface area contributed by atoms with Crippen LogP contribution in [0.15, 0.2) is 53.6 Å². The first kappa shape index (κ1) is 24.7. The first-order valence-electron chi connectivity index (χ1n) is 9.47. The molecule has 2 rings (SSSR count). The lowest BCUT2D eigenvalue weighted by Crippen LogP contribution is -2.28. The number of nitrogens with one attached hydrogen (secondary N) is 1. The number of rotatable bonds is 11. The highest BCUT2D eigenvalue weighted by atomic mass is 32.1. The Kier molecular flexibility index (Phi) is 9.86. The Hall–Kier alpha value is -2.53. The van der Waals surface area contributed by atoms with E-state index >= 15 is 0 Å². The summed E-state index contributed by atoms with van der Waals surface area (Å²) in [7, 11) is 0. The Morgan fingerprint density at radius 1 is 1.16 bits per heavy atom. The smallest absolute Gasteiger partial charge is 0.419 e. The van der Waals surface area contributed by atoms with Gasteiger partial charge in [0, 0.05) is 11.8 Å². The number of alkyl halides is 3. The van der Waals surface area contributed by atoms with Crippen molar-refractivity contribution in [2.75, 3.05) is 26.4 Å². The Morgan fingerprint density at radius 3 is 2.58 bits per heavy atom. The number of ether oxygens (including phenoxy) is 2. The molecule has 168 valence electrons. The van der Waals surface area contributed by atoms with Crippen molar-refractivity contribution < 1.29 is 27.8 Å². The largest absolute Gasteiger partial charge is 0.491 e. The zero-order valence-corrected chi connectivity index (χ0v) is 17.5. The van der Waals surface area contributed by atoms with E-state index in [9.17, 15) is 13.2 Å². The molecule has 0 heterocycles. The average molecular weight is 456 g/mol. The molecule has 0 bridgehead atoms. The molecule has 10 heteroatoms. The third-order valence-corrected chi connectivity index (χ3v) is 4.38. The molecule has 6 nitrogen and oxygen atoms in total. The summed E-state index contributed by atoms with van der Waals surface area (Å²) in [6.45, 7) is 0.256. The molecule has 2 aromatic carbocycles. The maximum absolute atomic E-state index is 13.5. The van der Waals surface area contributed by atoms with Crippen LogP contribution in [0, 0.1) is 0 Å². The fourth-order valence-corrected chi connectivity index (χ4v) is 2.65. The van der Waals surface area contributed by atoms with Crippen molar-refractivity contribution in [3.05, 3.63) is 65.2 Å². The van der Waals surface area contributed by atoms with Crippen LogP contribution in [0.25, 0.3) is 0 Å². The molecule has 0 spiro atoms. The lowest BCUT2D eigenvalue weighted by molar-refractivity contribution is -0.139. The monoisotopic (exact) mass is 455 g/mol. The van der Waals surface area contributed by atoms with Gasteiger partial charge in [-0.1, -0.05) is 42.5 Å². The van der Waals surface area contributed by atoms with Crippen LogP contribution >= 0.6 is 12.2 Å². The van der Waals surface area contributed by atoms with Crippen molar-refractivity contribution >= 4 is 23.4 Å². The predicted molar refractivity (Wildman–Crippen MR) is 116 cm³/mol. The minimum Gasteiger partial charge on any atom is -0.491 e. The quantitative estimate of drug-likeness (QED) is 0.209. The van der Waals surface area contributed by atoms with E-state index in [2.05, 4.69) is 10.5 Å². The van der Waals surface area contributed by atoms with Gasteiger partial charge in [0.25, 0.3) is 0 Å². The summed E-state index contributed by atoms with van der Waals surface area (Å²) in [4.78, 5) is -0.0253. The molecule has 0 aliphatic heterocycles. The van der Waals surface area contributed by atoms with E-state index in [-0.39, 0.29) is 36.1 Å². The minimum atomic E-state index is -4.63. The van der Waals surface area contributed by atoms with Gasteiger partial charge in [-0.25, -0.2) is 0 Å². The molecule has 4 N–H and O–H groups in total. The van der Waals surface area contributed by atoms with Gasteiger partial charge in [-0.2, -0.15) is 18.3 Å². The molecule has 0 saturated carbocycles. The lowest BCUT2D eigenvalue weighted by Gasteiger charge is -2.16. The second kappa shape index (κ2) is 12.4. The molecule has 1 atom stereocenters. The van der Waals surface area contributed by atoms with E-state index in [1.54, 1.807) is 0 Å². The molecule has 2 aromatic rings. The Labute approximate surface area is 183 Å². The molecule has 0 aliphatic rings. The van der Waals surface area contributed by atoms with Crippen LogP contribution < -0.4 is 15.9 Å². The van der Waals surface area contributed by atoms with E-state index in [0.717, 1.165) is 11.6 Å². The summed E-state index contributed by atoms with van der Waals surface area (Å²) in [5, 5.41) is 12.5. The number of nitrogens with two attached hydrogens (primary N) is 1. The van der Waals surface area contributed by atoms with E-state index < -0.39 is 17.8 Å². The van der Waals surface area contributed by atoms with Crippen molar-refractivity contribution in [3.63, 3.8) is 0 Å². The van der Waals surface area contributed by atoms with Crippen LogP contribution in [0.4, 0.5) is 13.2 Å². The number of nitrogens with zero attached hydrogens (tertiary/aromatic N) is 1. The fraction of sp³-hybridized carbons (Fsp3) is 0.333. The van der Waals surface area contributed by atoms with Crippen LogP contribution in [0.2, 0.25) is 0 Å². The molecular weight excluding hydrogens is 431 g/mol. The first-order chi connectivity index (χ1) is 14.8. The van der Waals surface area contributed by atoms with Gasteiger partial charge >= 0.3 is 6.18 Å². The molecular formula is C21H24F3N3O3S. The van der Waals surface area contributed by atoms with Crippen molar-refractivity contribution in [1.29, 1.82) is 0 Å². The first-order valence-corrected chi connectivity index (χ1v) is 9.87. The van der Waals surface area contributed by atoms with Gasteiger partial charge in [0.15, 0.2) is 0 Å². The van der Waals surface area contributed by atoms with Crippen LogP contribution in [0.3, 0.4) is 0 Å². The topological polar surface area (TPSA) is 89.1 Å². The second-order valence-corrected chi connectivity index (χ2v) is 6.88. The maximum atomic E-state index is 13.5. The van der Waals surface area contributed by atoms with Gasteiger partial charge in [-0.15, -0.1) is 0 Å². The summed E-state index contributed by atoms with van der Waals surface area (Å²) in [6.07, 6.45) is -2.72. The van der Waals surface area contributed by atoms with E-state index in [1.807, 2.05) is 30.3 Å². The van der Waals surface area contributed by atoms with Crippen LogP contribution in [0.5, 0.6) is 5.75 Å². The highest BCUT2D eigenvalue weighted by Crippen LogP contribution is 2.37. The lowest BCUT2D eigenvalue weighted by atomic mass is 10.1.